The third kappa shape index (κ3) is 1.52. The maximum absolute atomic E-state index is 12.6. The van der Waals surface area contributed by atoms with Crippen molar-refractivity contribution >= 4 is 15.9 Å². The average Bonchev–Trinajstić information content (AvgIpc) is 1.95. The van der Waals surface area contributed by atoms with Crippen LogP contribution in [0.25, 0.3) is 0 Å². The van der Waals surface area contributed by atoms with Gasteiger partial charge in [-0.25, -0.2) is 4.39 Å². The molecule has 0 unspecified atom stereocenters. The van der Waals surface area contributed by atoms with E-state index < -0.39 is 5.82 Å². The Hall–Kier alpha value is -0.480. The van der Waals surface area contributed by atoms with Crippen LogP contribution in [0.1, 0.15) is 5.69 Å². The fourth-order valence-corrected chi connectivity index (χ4v) is 0.757. The fraction of sp³-hybridized carbons (Fsp3) is 0.167. The third-order valence-electron chi connectivity index (χ3n) is 1.03. The zero-order valence-corrected chi connectivity index (χ0v) is 6.60. The number of pyridine rings is 1. The zero-order chi connectivity index (χ0) is 7.56. The van der Waals surface area contributed by atoms with E-state index in [-0.39, 0.29) is 6.61 Å². The number of hydrogen-bond donors (Lipinski definition) is 1. The number of nitrogens with zero attached hydrogens (tertiary/aromatic N) is 1. The monoisotopic (exact) mass is 205 g/mol. The molecule has 1 aromatic heterocycles. The molecule has 1 heterocycles. The first kappa shape index (κ1) is 7.63. The van der Waals surface area contributed by atoms with E-state index in [4.69, 9.17) is 5.11 Å². The van der Waals surface area contributed by atoms with E-state index in [0.29, 0.717) is 10.2 Å². The first-order valence-corrected chi connectivity index (χ1v) is 3.44. The van der Waals surface area contributed by atoms with Crippen LogP contribution in [-0.4, -0.2) is 10.1 Å². The number of aliphatic hydroxyl groups is 1. The quantitative estimate of drug-likeness (QED) is 0.754. The molecule has 0 atom stereocenters. The van der Waals surface area contributed by atoms with E-state index in [1.54, 1.807) is 0 Å². The molecule has 0 fully saturated rings. The number of aromatic nitrogens is 1. The molecular formula is C6H5BrFNO. The Bertz CT molecular complexity index is 241. The maximum atomic E-state index is 12.6. The summed E-state index contributed by atoms with van der Waals surface area (Å²) in [4.78, 5) is 3.72. The van der Waals surface area contributed by atoms with E-state index >= 15 is 0 Å². The molecule has 4 heteroatoms. The summed E-state index contributed by atoms with van der Waals surface area (Å²) in [6.45, 7) is -0.232. The lowest BCUT2D eigenvalue weighted by Gasteiger charge is -1.95. The Balaban J connectivity index is 3.04. The van der Waals surface area contributed by atoms with Crippen LogP contribution >= 0.6 is 15.9 Å². The van der Waals surface area contributed by atoms with Crippen molar-refractivity contribution in [1.29, 1.82) is 0 Å². The van der Waals surface area contributed by atoms with Crippen LogP contribution in [0, 0.1) is 5.82 Å². The van der Waals surface area contributed by atoms with Gasteiger partial charge < -0.3 is 5.11 Å². The zero-order valence-electron chi connectivity index (χ0n) is 5.01. The second kappa shape index (κ2) is 3.07. The van der Waals surface area contributed by atoms with Crippen molar-refractivity contribution in [1.82, 2.24) is 4.98 Å². The summed E-state index contributed by atoms with van der Waals surface area (Å²) in [6, 6.07) is 1.18. The molecule has 1 N–H and O–H groups in total. The van der Waals surface area contributed by atoms with Gasteiger partial charge in [0.2, 0.25) is 0 Å². The smallest absolute Gasteiger partial charge is 0.140 e. The summed E-state index contributed by atoms with van der Waals surface area (Å²) < 4.78 is 12.9. The van der Waals surface area contributed by atoms with Crippen LogP contribution in [0.4, 0.5) is 4.39 Å². The van der Waals surface area contributed by atoms with Crippen molar-refractivity contribution in [3.63, 3.8) is 0 Å². The molecular weight excluding hydrogens is 201 g/mol. The first-order valence-electron chi connectivity index (χ1n) is 2.65. The van der Waals surface area contributed by atoms with Crippen LogP contribution < -0.4 is 0 Å². The minimum atomic E-state index is -0.404. The number of halogens is 2. The van der Waals surface area contributed by atoms with E-state index in [1.807, 2.05) is 0 Å². The summed E-state index contributed by atoms with van der Waals surface area (Å²) >= 11 is 2.94. The van der Waals surface area contributed by atoms with Gasteiger partial charge in [-0.3, -0.25) is 4.98 Å². The first-order chi connectivity index (χ1) is 4.74. The molecule has 2 nitrogen and oxygen atoms in total. The van der Waals surface area contributed by atoms with Gasteiger partial charge >= 0.3 is 0 Å². The second-order valence-corrected chi connectivity index (χ2v) is 2.60. The Morgan fingerprint density at radius 2 is 2.40 bits per heavy atom. The molecule has 0 aromatic carbocycles. The van der Waals surface area contributed by atoms with Crippen molar-refractivity contribution in [3.05, 3.63) is 28.2 Å². The molecule has 10 heavy (non-hydrogen) atoms. The maximum Gasteiger partial charge on any atom is 0.140 e. The van der Waals surface area contributed by atoms with Gasteiger partial charge in [0.1, 0.15) is 5.82 Å². The van der Waals surface area contributed by atoms with Gasteiger partial charge in [-0.1, -0.05) is 0 Å². The average molecular weight is 206 g/mol. The summed E-state index contributed by atoms with van der Waals surface area (Å²) in [5.41, 5.74) is 0.334. The molecule has 1 rings (SSSR count). The summed E-state index contributed by atoms with van der Waals surface area (Å²) in [7, 11) is 0. The minimum absolute atomic E-state index is 0.232. The molecule has 1 aromatic rings. The molecule has 0 aliphatic rings. The Morgan fingerprint density at radius 3 is 2.90 bits per heavy atom. The number of rotatable bonds is 1. The number of aliphatic hydroxyl groups excluding tert-OH is 1. The van der Waals surface area contributed by atoms with Crippen molar-refractivity contribution in [3.8, 4) is 0 Å². The molecule has 0 saturated heterocycles. The van der Waals surface area contributed by atoms with Crippen LogP contribution in [0.2, 0.25) is 0 Å². The van der Waals surface area contributed by atoms with Crippen LogP contribution in [-0.2, 0) is 6.61 Å². The predicted octanol–water partition coefficient (Wildman–Crippen LogP) is 1.48. The van der Waals surface area contributed by atoms with Gasteiger partial charge in [-0.05, 0) is 22.0 Å². The summed E-state index contributed by atoms with van der Waals surface area (Å²) in [6.07, 6.45) is 1.32. The molecule has 0 aliphatic carbocycles. The standard InChI is InChI=1S/C6H5BrFNO/c7-5-2-9-4(3-10)1-6(5)8/h1-2,10H,3H2. The van der Waals surface area contributed by atoms with Gasteiger partial charge in [-0.15, -0.1) is 0 Å². The highest BCUT2D eigenvalue weighted by Crippen LogP contribution is 2.13. The third-order valence-corrected chi connectivity index (χ3v) is 1.61. The molecule has 0 aliphatic heterocycles. The van der Waals surface area contributed by atoms with Crippen molar-refractivity contribution < 1.29 is 9.50 Å². The summed E-state index contributed by atoms with van der Waals surface area (Å²) in [5.74, 6) is -0.404. The van der Waals surface area contributed by atoms with Crippen LogP contribution in [0.15, 0.2) is 16.7 Å². The van der Waals surface area contributed by atoms with E-state index in [1.165, 1.54) is 12.3 Å². The topological polar surface area (TPSA) is 33.1 Å². The van der Waals surface area contributed by atoms with Crippen molar-refractivity contribution in [2.24, 2.45) is 0 Å². The summed E-state index contributed by atoms with van der Waals surface area (Å²) in [5, 5.41) is 8.51. The molecule has 0 bridgehead atoms. The fourth-order valence-electron chi connectivity index (χ4n) is 0.540. The SMILES string of the molecule is OCc1cc(F)c(Br)cn1. The second-order valence-electron chi connectivity index (χ2n) is 1.75. The molecule has 0 radical (unpaired) electrons. The highest BCUT2D eigenvalue weighted by Gasteiger charge is 1.99. The van der Waals surface area contributed by atoms with Gasteiger partial charge in [0, 0.05) is 6.20 Å². The van der Waals surface area contributed by atoms with Crippen LogP contribution in [0.5, 0.6) is 0 Å². The highest BCUT2D eigenvalue weighted by atomic mass is 79.9. The van der Waals surface area contributed by atoms with E-state index in [2.05, 4.69) is 20.9 Å². The van der Waals surface area contributed by atoms with Crippen molar-refractivity contribution in [2.75, 3.05) is 0 Å². The molecule has 0 amide bonds. The van der Waals surface area contributed by atoms with E-state index in [9.17, 15) is 4.39 Å². The minimum Gasteiger partial charge on any atom is -0.390 e. The lowest BCUT2D eigenvalue weighted by molar-refractivity contribution is 0.276. The largest absolute Gasteiger partial charge is 0.390 e. The van der Waals surface area contributed by atoms with Gasteiger partial charge in [0.15, 0.2) is 0 Å². The lowest BCUT2D eigenvalue weighted by Crippen LogP contribution is -1.90. The van der Waals surface area contributed by atoms with Crippen LogP contribution in [0.3, 0.4) is 0 Å². The van der Waals surface area contributed by atoms with E-state index in [0.717, 1.165) is 0 Å². The van der Waals surface area contributed by atoms with Gasteiger partial charge in [0.25, 0.3) is 0 Å². The highest BCUT2D eigenvalue weighted by molar-refractivity contribution is 9.10. The number of hydrogen-bond acceptors (Lipinski definition) is 2. The molecule has 0 spiro atoms. The Labute approximate surface area is 65.8 Å². The predicted molar refractivity (Wildman–Crippen MR) is 37.8 cm³/mol. The lowest BCUT2D eigenvalue weighted by atomic mass is 10.3. The molecule has 54 valence electrons. The normalized spacial score (nSPS) is 9.90. The van der Waals surface area contributed by atoms with Gasteiger partial charge in [0.05, 0.1) is 16.8 Å². The van der Waals surface area contributed by atoms with Gasteiger partial charge in [-0.2, -0.15) is 0 Å². The Morgan fingerprint density at radius 1 is 1.70 bits per heavy atom. The molecule has 0 saturated carbocycles. The Kier molecular flexibility index (Phi) is 2.34. The van der Waals surface area contributed by atoms with Crippen molar-refractivity contribution in [2.45, 2.75) is 6.61 Å².